The highest BCUT2D eigenvalue weighted by Gasteiger charge is 2.31. The Hall–Kier alpha value is -2.67. The molecule has 1 aromatic carbocycles. The number of nitrogens with zero attached hydrogens (tertiary/aromatic N) is 5. The fraction of sp³-hybridized carbons (Fsp3) is 0.522. The van der Waals surface area contributed by atoms with E-state index in [0.29, 0.717) is 26.3 Å². The van der Waals surface area contributed by atoms with Gasteiger partial charge in [-0.2, -0.15) is 4.98 Å². The first kappa shape index (κ1) is 20.6. The third-order valence-electron chi connectivity index (χ3n) is 5.96. The van der Waals surface area contributed by atoms with Crippen molar-refractivity contribution in [3.8, 4) is 0 Å². The van der Waals surface area contributed by atoms with Gasteiger partial charge in [0.05, 0.1) is 31.4 Å². The molecule has 7 heteroatoms. The van der Waals surface area contributed by atoms with Crippen LogP contribution in [0.1, 0.15) is 36.1 Å². The molecule has 0 saturated carbocycles. The molecule has 4 rings (SSSR count). The Balaban J connectivity index is 1.60. The molecule has 2 aliphatic heterocycles. The third kappa shape index (κ3) is 4.12. The van der Waals surface area contributed by atoms with E-state index < -0.39 is 0 Å². The van der Waals surface area contributed by atoms with Crippen LogP contribution in [0, 0.1) is 0 Å². The predicted octanol–water partition coefficient (Wildman–Crippen LogP) is 2.46. The number of carbonyl (C=O) groups excluding carboxylic acids is 1. The molecule has 1 amide bonds. The number of hydrogen-bond donors (Lipinski definition) is 0. The van der Waals surface area contributed by atoms with Crippen LogP contribution in [-0.4, -0.2) is 67.7 Å². The van der Waals surface area contributed by atoms with E-state index in [2.05, 4.69) is 11.8 Å². The van der Waals surface area contributed by atoms with E-state index in [1.807, 2.05) is 54.2 Å². The highest BCUT2D eigenvalue weighted by molar-refractivity contribution is 5.84. The van der Waals surface area contributed by atoms with Crippen LogP contribution in [0.15, 0.2) is 30.3 Å². The highest BCUT2D eigenvalue weighted by Crippen LogP contribution is 2.31. The van der Waals surface area contributed by atoms with Gasteiger partial charge < -0.3 is 19.4 Å². The third-order valence-corrected chi connectivity index (χ3v) is 5.96. The van der Waals surface area contributed by atoms with Crippen molar-refractivity contribution < 1.29 is 9.53 Å². The maximum absolute atomic E-state index is 13.4. The van der Waals surface area contributed by atoms with Gasteiger partial charge in [0, 0.05) is 45.7 Å². The van der Waals surface area contributed by atoms with Crippen LogP contribution < -0.4 is 9.80 Å². The number of anilines is 2. The minimum atomic E-state index is -0.107. The zero-order chi connectivity index (χ0) is 21.1. The number of rotatable bonds is 5. The lowest BCUT2D eigenvalue weighted by Gasteiger charge is -2.34. The molecule has 0 N–H and O–H groups in total. The highest BCUT2D eigenvalue weighted by atomic mass is 16.5. The summed E-state index contributed by atoms with van der Waals surface area (Å²) in [5, 5.41) is 0. The first-order chi connectivity index (χ1) is 14.6. The number of ether oxygens (including phenoxy) is 1. The molecular weight excluding hydrogens is 378 g/mol. The van der Waals surface area contributed by atoms with Gasteiger partial charge in [-0.25, -0.2) is 4.98 Å². The molecule has 1 saturated heterocycles. The van der Waals surface area contributed by atoms with E-state index in [4.69, 9.17) is 14.7 Å². The van der Waals surface area contributed by atoms with E-state index in [9.17, 15) is 4.79 Å². The second kappa shape index (κ2) is 9.00. The second-order valence-electron chi connectivity index (χ2n) is 8.15. The van der Waals surface area contributed by atoms with Crippen molar-refractivity contribution in [2.75, 3.05) is 56.7 Å². The van der Waals surface area contributed by atoms with Crippen molar-refractivity contribution in [3.05, 3.63) is 47.2 Å². The Kier molecular flexibility index (Phi) is 6.18. The number of fused-ring (bicyclic) bond motifs is 1. The number of aromatic nitrogens is 2. The zero-order valence-corrected chi connectivity index (χ0v) is 18.2. The molecule has 160 valence electrons. The molecule has 2 aliphatic rings. The molecule has 1 aromatic heterocycles. The summed E-state index contributed by atoms with van der Waals surface area (Å²) in [6.07, 6.45) is 1.55. The summed E-state index contributed by atoms with van der Waals surface area (Å²) in [7, 11) is 4.01. The Morgan fingerprint density at radius 1 is 1.13 bits per heavy atom. The van der Waals surface area contributed by atoms with Gasteiger partial charge in [-0.05, 0) is 12.0 Å². The minimum absolute atomic E-state index is 0.107. The molecule has 0 radical (unpaired) electrons. The first-order valence-electron chi connectivity index (χ1n) is 10.8. The van der Waals surface area contributed by atoms with Gasteiger partial charge in [-0.1, -0.05) is 37.3 Å². The number of amides is 1. The van der Waals surface area contributed by atoms with Crippen LogP contribution in [0.3, 0.4) is 0 Å². The molecule has 30 heavy (non-hydrogen) atoms. The summed E-state index contributed by atoms with van der Waals surface area (Å²) in [4.78, 5) is 29.4. The Morgan fingerprint density at radius 2 is 1.87 bits per heavy atom. The molecule has 0 bridgehead atoms. The Labute approximate surface area is 178 Å². The predicted molar refractivity (Wildman–Crippen MR) is 118 cm³/mol. The van der Waals surface area contributed by atoms with Gasteiger partial charge in [0.2, 0.25) is 11.9 Å². The first-order valence-corrected chi connectivity index (χ1v) is 10.8. The van der Waals surface area contributed by atoms with Gasteiger partial charge in [0.25, 0.3) is 0 Å². The van der Waals surface area contributed by atoms with Gasteiger partial charge >= 0.3 is 0 Å². The molecule has 1 atom stereocenters. The van der Waals surface area contributed by atoms with Crippen LogP contribution in [-0.2, 0) is 22.5 Å². The van der Waals surface area contributed by atoms with Crippen LogP contribution in [0.4, 0.5) is 11.8 Å². The maximum atomic E-state index is 13.4. The maximum Gasteiger partial charge on any atom is 0.230 e. The van der Waals surface area contributed by atoms with Gasteiger partial charge in [-0.3, -0.25) is 4.79 Å². The van der Waals surface area contributed by atoms with E-state index in [0.717, 1.165) is 54.5 Å². The van der Waals surface area contributed by atoms with Gasteiger partial charge in [-0.15, -0.1) is 0 Å². The summed E-state index contributed by atoms with van der Waals surface area (Å²) in [5.74, 6) is 1.77. The monoisotopic (exact) mass is 409 g/mol. The largest absolute Gasteiger partial charge is 0.378 e. The molecule has 1 unspecified atom stereocenters. The van der Waals surface area contributed by atoms with Gasteiger partial charge in [0.15, 0.2) is 0 Å². The van der Waals surface area contributed by atoms with Gasteiger partial charge in [0.1, 0.15) is 5.82 Å². The number of benzene rings is 1. The smallest absolute Gasteiger partial charge is 0.230 e. The summed E-state index contributed by atoms with van der Waals surface area (Å²) in [5.41, 5.74) is 3.22. The quantitative estimate of drug-likeness (QED) is 0.756. The summed E-state index contributed by atoms with van der Waals surface area (Å²) >= 11 is 0. The van der Waals surface area contributed by atoms with E-state index in [1.165, 1.54) is 0 Å². The van der Waals surface area contributed by atoms with Crippen molar-refractivity contribution >= 4 is 17.7 Å². The standard InChI is InChI=1S/C23H31N5O2/c1-4-18(17-8-6-5-7-9-17)22(29)28-11-10-20-19(16-28)21(26(2)3)25-23(24-20)27-12-14-30-15-13-27/h5-9,18H,4,10-16H2,1-3H3. The number of hydrogen-bond acceptors (Lipinski definition) is 6. The lowest BCUT2D eigenvalue weighted by molar-refractivity contribution is -0.133. The molecule has 0 spiro atoms. The SMILES string of the molecule is CCC(C(=O)N1CCc2nc(N3CCOCC3)nc(N(C)C)c2C1)c1ccccc1. The fourth-order valence-corrected chi connectivity index (χ4v) is 4.31. The molecule has 2 aromatic rings. The topological polar surface area (TPSA) is 61.8 Å². The van der Waals surface area contributed by atoms with E-state index >= 15 is 0 Å². The molecular formula is C23H31N5O2. The van der Waals surface area contributed by atoms with Crippen LogP contribution >= 0.6 is 0 Å². The zero-order valence-electron chi connectivity index (χ0n) is 18.2. The van der Waals surface area contributed by atoms with E-state index in [-0.39, 0.29) is 11.8 Å². The average Bonchev–Trinajstić information content (AvgIpc) is 2.79. The van der Waals surface area contributed by atoms with Crippen molar-refractivity contribution in [3.63, 3.8) is 0 Å². The van der Waals surface area contributed by atoms with E-state index in [1.54, 1.807) is 0 Å². The summed E-state index contributed by atoms with van der Waals surface area (Å²) < 4.78 is 5.47. The normalized spacial score (nSPS) is 17.4. The molecule has 7 nitrogen and oxygen atoms in total. The minimum Gasteiger partial charge on any atom is -0.378 e. The van der Waals surface area contributed by atoms with Crippen molar-refractivity contribution in [2.45, 2.75) is 32.2 Å². The Bertz CT molecular complexity index is 881. The van der Waals surface area contributed by atoms with Crippen molar-refractivity contribution in [1.29, 1.82) is 0 Å². The number of carbonyl (C=O) groups is 1. The molecule has 0 aliphatic carbocycles. The fourth-order valence-electron chi connectivity index (χ4n) is 4.31. The molecule has 1 fully saturated rings. The van der Waals surface area contributed by atoms with Crippen molar-refractivity contribution in [1.82, 2.24) is 14.9 Å². The van der Waals surface area contributed by atoms with Crippen molar-refractivity contribution in [2.24, 2.45) is 0 Å². The lowest BCUT2D eigenvalue weighted by Crippen LogP contribution is -2.41. The Morgan fingerprint density at radius 3 is 2.53 bits per heavy atom. The van der Waals surface area contributed by atoms with Crippen LogP contribution in [0.2, 0.25) is 0 Å². The summed E-state index contributed by atoms with van der Waals surface area (Å²) in [6.45, 7) is 6.37. The lowest BCUT2D eigenvalue weighted by atomic mass is 9.93. The van der Waals surface area contributed by atoms with Crippen LogP contribution in [0.5, 0.6) is 0 Å². The summed E-state index contributed by atoms with van der Waals surface area (Å²) in [6, 6.07) is 10.1. The molecule has 3 heterocycles. The second-order valence-corrected chi connectivity index (χ2v) is 8.15. The van der Waals surface area contributed by atoms with Crippen LogP contribution in [0.25, 0.3) is 0 Å². The number of morpholine rings is 1. The average molecular weight is 410 g/mol.